The summed E-state index contributed by atoms with van der Waals surface area (Å²) in [6.45, 7) is 3.05. The molecular formula is C14H19N3O2S2. The van der Waals surface area contributed by atoms with Crippen LogP contribution in [0.1, 0.15) is 29.3 Å². The normalized spacial score (nSPS) is 20.8. The van der Waals surface area contributed by atoms with Crippen molar-refractivity contribution < 1.29 is 8.42 Å². The SMILES string of the molecule is Cc1ccc(S(=O)(=O)N2CCCC(c3ccn(C)n3)C2)s1. The highest BCUT2D eigenvalue weighted by Gasteiger charge is 2.32. The van der Waals surface area contributed by atoms with Gasteiger partial charge < -0.3 is 0 Å². The first-order valence-corrected chi connectivity index (χ1v) is 9.28. The Kier molecular flexibility index (Phi) is 3.90. The number of hydrogen-bond acceptors (Lipinski definition) is 4. The van der Waals surface area contributed by atoms with Gasteiger partial charge >= 0.3 is 0 Å². The van der Waals surface area contributed by atoms with Crippen molar-refractivity contribution in [3.63, 3.8) is 0 Å². The van der Waals surface area contributed by atoms with Crippen LogP contribution in [0.3, 0.4) is 0 Å². The molecule has 5 nitrogen and oxygen atoms in total. The average molecular weight is 325 g/mol. The zero-order valence-corrected chi connectivity index (χ0v) is 13.8. The van der Waals surface area contributed by atoms with Gasteiger partial charge in [-0.05, 0) is 38.0 Å². The maximum atomic E-state index is 12.7. The van der Waals surface area contributed by atoms with Crippen LogP contribution in [0.2, 0.25) is 0 Å². The molecule has 1 unspecified atom stereocenters. The van der Waals surface area contributed by atoms with E-state index in [0.29, 0.717) is 17.3 Å². The number of rotatable bonds is 3. The summed E-state index contributed by atoms with van der Waals surface area (Å²) in [6, 6.07) is 5.55. The molecule has 0 aliphatic carbocycles. The Hall–Kier alpha value is -1.18. The fourth-order valence-electron chi connectivity index (χ4n) is 2.73. The lowest BCUT2D eigenvalue weighted by atomic mass is 9.96. The molecule has 0 radical (unpaired) electrons. The van der Waals surface area contributed by atoms with Crippen LogP contribution in [0.5, 0.6) is 0 Å². The molecule has 7 heteroatoms. The van der Waals surface area contributed by atoms with Crippen molar-refractivity contribution in [2.24, 2.45) is 7.05 Å². The molecule has 0 N–H and O–H groups in total. The lowest BCUT2D eigenvalue weighted by Crippen LogP contribution is -2.38. The van der Waals surface area contributed by atoms with Crippen molar-refractivity contribution in [2.75, 3.05) is 13.1 Å². The van der Waals surface area contributed by atoms with Crippen LogP contribution in [0.15, 0.2) is 28.6 Å². The fraction of sp³-hybridized carbons (Fsp3) is 0.500. The van der Waals surface area contributed by atoms with Gasteiger partial charge in [0.05, 0.1) is 5.69 Å². The molecule has 0 saturated carbocycles. The Morgan fingerprint density at radius 3 is 2.76 bits per heavy atom. The first kappa shape index (κ1) is 14.7. The number of thiophene rings is 1. The smallest absolute Gasteiger partial charge is 0.252 e. The summed E-state index contributed by atoms with van der Waals surface area (Å²) in [5.74, 6) is 0.191. The third-order valence-corrected chi connectivity index (χ3v) is 7.18. The molecule has 0 spiro atoms. The van der Waals surface area contributed by atoms with Crippen molar-refractivity contribution in [1.82, 2.24) is 14.1 Å². The van der Waals surface area contributed by atoms with Crippen LogP contribution in [-0.4, -0.2) is 35.6 Å². The molecule has 1 aliphatic heterocycles. The van der Waals surface area contributed by atoms with Crippen molar-refractivity contribution >= 4 is 21.4 Å². The Labute approximate surface area is 129 Å². The Bertz CT molecular complexity index is 733. The maximum absolute atomic E-state index is 12.7. The minimum absolute atomic E-state index is 0.191. The third kappa shape index (κ3) is 2.90. The molecular weight excluding hydrogens is 306 g/mol. The van der Waals surface area contributed by atoms with E-state index < -0.39 is 10.0 Å². The summed E-state index contributed by atoms with van der Waals surface area (Å²) >= 11 is 1.34. The number of aromatic nitrogens is 2. The Balaban J connectivity index is 1.83. The van der Waals surface area contributed by atoms with Crippen molar-refractivity contribution in [3.8, 4) is 0 Å². The summed E-state index contributed by atoms with van der Waals surface area (Å²) in [6.07, 6.45) is 3.78. The number of sulfonamides is 1. The standard InChI is InChI=1S/C14H19N3O2S2/c1-11-5-6-14(20-11)21(18,19)17-8-3-4-12(10-17)13-7-9-16(2)15-13/h5-7,9,12H,3-4,8,10H2,1-2H3. The van der Waals surface area contributed by atoms with Gasteiger partial charge in [0.15, 0.2) is 0 Å². The highest BCUT2D eigenvalue weighted by atomic mass is 32.2. The van der Waals surface area contributed by atoms with E-state index in [-0.39, 0.29) is 5.92 Å². The van der Waals surface area contributed by atoms with Crippen LogP contribution in [0.4, 0.5) is 0 Å². The molecule has 1 aliphatic rings. The molecule has 1 atom stereocenters. The number of aryl methyl sites for hydroxylation is 2. The fourth-order valence-corrected chi connectivity index (χ4v) is 5.69. The van der Waals surface area contributed by atoms with E-state index in [1.165, 1.54) is 11.3 Å². The second kappa shape index (κ2) is 5.55. The maximum Gasteiger partial charge on any atom is 0.252 e. The minimum atomic E-state index is -3.36. The van der Waals surface area contributed by atoms with E-state index >= 15 is 0 Å². The van der Waals surface area contributed by atoms with Gasteiger partial charge in [-0.25, -0.2) is 8.42 Å². The van der Waals surface area contributed by atoms with Crippen LogP contribution in [0.25, 0.3) is 0 Å². The summed E-state index contributed by atoms with van der Waals surface area (Å²) in [5.41, 5.74) is 0.986. The van der Waals surface area contributed by atoms with Gasteiger partial charge in [0, 0.05) is 37.1 Å². The van der Waals surface area contributed by atoms with Gasteiger partial charge in [-0.15, -0.1) is 11.3 Å². The molecule has 0 amide bonds. The van der Waals surface area contributed by atoms with Gasteiger partial charge in [-0.3, -0.25) is 4.68 Å². The summed E-state index contributed by atoms with van der Waals surface area (Å²) < 4.78 is 29.2. The Morgan fingerprint density at radius 1 is 1.33 bits per heavy atom. The summed E-state index contributed by atoms with van der Waals surface area (Å²) in [4.78, 5) is 1.02. The zero-order chi connectivity index (χ0) is 15.0. The van der Waals surface area contributed by atoms with E-state index in [1.54, 1.807) is 15.1 Å². The van der Waals surface area contributed by atoms with Gasteiger partial charge in [-0.1, -0.05) is 0 Å². The average Bonchev–Trinajstić information content (AvgIpc) is 3.08. The number of nitrogens with zero attached hydrogens (tertiary/aromatic N) is 3. The van der Waals surface area contributed by atoms with Crippen LogP contribution < -0.4 is 0 Å². The van der Waals surface area contributed by atoms with Gasteiger partial charge in [0.25, 0.3) is 10.0 Å². The van der Waals surface area contributed by atoms with Crippen molar-refractivity contribution in [2.45, 2.75) is 29.9 Å². The van der Waals surface area contributed by atoms with Gasteiger partial charge in [0.2, 0.25) is 0 Å². The second-order valence-electron chi connectivity index (χ2n) is 5.48. The number of hydrogen-bond donors (Lipinski definition) is 0. The highest BCUT2D eigenvalue weighted by molar-refractivity contribution is 7.91. The van der Waals surface area contributed by atoms with Gasteiger partial charge in [0.1, 0.15) is 4.21 Å². The van der Waals surface area contributed by atoms with E-state index in [9.17, 15) is 8.42 Å². The lowest BCUT2D eigenvalue weighted by Gasteiger charge is -2.30. The first-order valence-electron chi connectivity index (χ1n) is 7.03. The summed E-state index contributed by atoms with van der Waals surface area (Å²) in [5, 5.41) is 4.43. The molecule has 3 rings (SSSR count). The number of piperidine rings is 1. The van der Waals surface area contributed by atoms with E-state index in [1.807, 2.05) is 32.3 Å². The molecule has 3 heterocycles. The Morgan fingerprint density at radius 2 is 2.14 bits per heavy atom. The zero-order valence-electron chi connectivity index (χ0n) is 12.2. The van der Waals surface area contributed by atoms with Gasteiger partial charge in [-0.2, -0.15) is 9.40 Å². The molecule has 0 aromatic carbocycles. The van der Waals surface area contributed by atoms with Crippen LogP contribution in [0, 0.1) is 6.92 Å². The minimum Gasteiger partial charge on any atom is -0.276 e. The van der Waals surface area contributed by atoms with E-state index in [2.05, 4.69) is 5.10 Å². The predicted octanol–water partition coefficient (Wildman–Crippen LogP) is 2.36. The molecule has 0 bridgehead atoms. The lowest BCUT2D eigenvalue weighted by molar-refractivity contribution is 0.312. The largest absolute Gasteiger partial charge is 0.276 e. The molecule has 21 heavy (non-hydrogen) atoms. The second-order valence-corrected chi connectivity index (χ2v) is 8.93. The first-order chi connectivity index (χ1) is 9.96. The molecule has 1 fully saturated rings. The highest BCUT2D eigenvalue weighted by Crippen LogP contribution is 2.31. The quantitative estimate of drug-likeness (QED) is 0.870. The van der Waals surface area contributed by atoms with Crippen LogP contribution >= 0.6 is 11.3 Å². The monoisotopic (exact) mass is 325 g/mol. The predicted molar refractivity (Wildman–Crippen MR) is 83.0 cm³/mol. The van der Waals surface area contributed by atoms with Crippen molar-refractivity contribution in [1.29, 1.82) is 0 Å². The molecule has 114 valence electrons. The topological polar surface area (TPSA) is 55.2 Å². The molecule has 1 saturated heterocycles. The molecule has 2 aromatic heterocycles. The van der Waals surface area contributed by atoms with Crippen LogP contribution in [-0.2, 0) is 17.1 Å². The summed E-state index contributed by atoms with van der Waals surface area (Å²) in [7, 11) is -1.47. The van der Waals surface area contributed by atoms with Crippen molar-refractivity contribution in [3.05, 3.63) is 35.0 Å². The van der Waals surface area contributed by atoms with E-state index in [0.717, 1.165) is 23.4 Å². The molecule has 2 aromatic rings. The van der Waals surface area contributed by atoms with E-state index in [4.69, 9.17) is 0 Å². The third-order valence-electron chi connectivity index (χ3n) is 3.85.